The quantitative estimate of drug-likeness (QED) is 0.428. The number of nitrogens with one attached hydrogen (secondary N) is 1. The number of phenols is 1. The Bertz CT molecular complexity index is 971. The van der Waals surface area contributed by atoms with Gasteiger partial charge < -0.3 is 20.1 Å². The fourth-order valence-electron chi connectivity index (χ4n) is 2.37. The third-order valence-corrected chi connectivity index (χ3v) is 4.61. The van der Waals surface area contributed by atoms with Crippen molar-refractivity contribution in [3.63, 3.8) is 0 Å². The summed E-state index contributed by atoms with van der Waals surface area (Å²) in [6.45, 7) is 2.03. The van der Waals surface area contributed by atoms with E-state index >= 15 is 0 Å². The maximum absolute atomic E-state index is 11.8. The predicted octanol–water partition coefficient (Wildman–Crippen LogP) is 4.71. The second-order valence-corrected chi connectivity index (χ2v) is 6.98. The summed E-state index contributed by atoms with van der Waals surface area (Å²) in [5, 5.41) is 14.2. The van der Waals surface area contributed by atoms with Crippen LogP contribution in [0.25, 0.3) is 22.7 Å². The van der Waals surface area contributed by atoms with Gasteiger partial charge in [0.2, 0.25) is 11.0 Å². The number of halogens is 2. The van der Waals surface area contributed by atoms with Gasteiger partial charge in [-0.25, -0.2) is 4.79 Å². The van der Waals surface area contributed by atoms with Crippen molar-refractivity contribution in [2.24, 2.45) is 0 Å². The van der Waals surface area contributed by atoms with E-state index in [2.05, 4.69) is 37.1 Å². The Hall–Kier alpha value is -2.39. The molecule has 1 aromatic heterocycles. The summed E-state index contributed by atoms with van der Waals surface area (Å²) in [5.74, 6) is -0.666. The molecule has 0 aliphatic heterocycles. The normalized spacial score (nSPS) is 10.7. The number of esters is 1. The molecular formula is C17H13Br2N3O4. The van der Waals surface area contributed by atoms with E-state index in [4.69, 9.17) is 15.0 Å². The molecule has 7 nitrogen and oxygen atoms in total. The average Bonchev–Trinajstić information content (AvgIpc) is 3.00. The van der Waals surface area contributed by atoms with Gasteiger partial charge in [-0.05, 0) is 51.8 Å². The number of benzene rings is 2. The number of ether oxygens (including phenoxy) is 1. The van der Waals surface area contributed by atoms with Crippen LogP contribution in [0.1, 0.15) is 17.3 Å². The molecule has 26 heavy (non-hydrogen) atoms. The van der Waals surface area contributed by atoms with Crippen LogP contribution in [0.3, 0.4) is 0 Å². The highest BCUT2D eigenvalue weighted by molar-refractivity contribution is 9.11. The van der Waals surface area contributed by atoms with Gasteiger partial charge in [-0.1, -0.05) is 15.9 Å². The lowest BCUT2D eigenvalue weighted by Gasteiger charge is -2.05. The minimum Gasteiger partial charge on any atom is -0.660 e. The van der Waals surface area contributed by atoms with Crippen LogP contribution in [0.15, 0.2) is 49.9 Å². The molecular weight excluding hydrogens is 470 g/mol. The fraction of sp³-hybridized carbons (Fsp3) is 0.118. The maximum Gasteiger partial charge on any atom is 0.338 e. The molecule has 1 heterocycles. The average molecular weight is 483 g/mol. The summed E-state index contributed by atoms with van der Waals surface area (Å²) in [4.78, 5) is 11.8. The fourth-order valence-corrected chi connectivity index (χ4v) is 3.60. The molecule has 9 heteroatoms. The summed E-state index contributed by atoms with van der Waals surface area (Å²) in [5.41, 5.74) is 9.62. The van der Waals surface area contributed by atoms with Crippen molar-refractivity contribution in [1.82, 2.24) is 5.27 Å². The molecule has 0 saturated carbocycles. The Balaban J connectivity index is 2.08. The van der Waals surface area contributed by atoms with Crippen molar-refractivity contribution in [2.75, 3.05) is 6.61 Å². The molecule has 0 amide bonds. The van der Waals surface area contributed by atoms with Crippen molar-refractivity contribution in [2.45, 2.75) is 6.92 Å². The molecule has 0 bridgehead atoms. The van der Waals surface area contributed by atoms with Gasteiger partial charge in [0.15, 0.2) is 0 Å². The van der Waals surface area contributed by atoms with Gasteiger partial charge in [-0.3, -0.25) is 0 Å². The number of carbonyl (C=O) groups is 1. The van der Waals surface area contributed by atoms with E-state index in [0.29, 0.717) is 32.4 Å². The van der Waals surface area contributed by atoms with Crippen LogP contribution in [0.2, 0.25) is 0 Å². The Morgan fingerprint density at radius 1 is 1.31 bits per heavy atom. The van der Waals surface area contributed by atoms with Crippen molar-refractivity contribution >= 4 is 43.7 Å². The van der Waals surface area contributed by atoms with Crippen LogP contribution in [0.4, 0.5) is 5.88 Å². The Morgan fingerprint density at radius 3 is 2.65 bits per heavy atom. The van der Waals surface area contributed by atoms with Crippen molar-refractivity contribution in [3.05, 3.63) is 56.6 Å². The molecule has 0 unspecified atom stereocenters. The molecule has 134 valence electrons. The predicted molar refractivity (Wildman–Crippen MR) is 100 cm³/mol. The first-order valence-corrected chi connectivity index (χ1v) is 9.10. The smallest absolute Gasteiger partial charge is 0.338 e. The van der Waals surface area contributed by atoms with Gasteiger partial charge in [-0.2, -0.15) is 0 Å². The number of rotatable bonds is 4. The Kier molecular flexibility index (Phi) is 5.28. The van der Waals surface area contributed by atoms with Crippen molar-refractivity contribution in [3.8, 4) is 22.7 Å². The zero-order chi connectivity index (χ0) is 18.8. The van der Waals surface area contributed by atoms with E-state index in [-0.39, 0.29) is 17.3 Å². The number of nitrogens with zero attached hydrogens (tertiary/aromatic N) is 2. The molecule has 0 spiro atoms. The number of carbonyl (C=O) groups excluding carboxylic acids is 1. The van der Waals surface area contributed by atoms with Crippen LogP contribution >= 0.6 is 31.9 Å². The summed E-state index contributed by atoms with van der Waals surface area (Å²) in [6, 6.07) is 9.85. The molecule has 0 fully saturated rings. The first-order chi connectivity index (χ1) is 12.4. The molecule has 0 aliphatic rings. The van der Waals surface area contributed by atoms with Gasteiger partial charge in [0.25, 0.3) is 5.69 Å². The maximum atomic E-state index is 11.8. The van der Waals surface area contributed by atoms with Gasteiger partial charge in [0.1, 0.15) is 11.6 Å². The molecule has 0 aliphatic carbocycles. The first-order valence-electron chi connectivity index (χ1n) is 7.52. The molecule has 0 radical (unpaired) electrons. The largest absolute Gasteiger partial charge is 0.660 e. The van der Waals surface area contributed by atoms with Crippen LogP contribution < -0.4 is 4.68 Å². The van der Waals surface area contributed by atoms with Crippen LogP contribution in [-0.4, -0.2) is 23.0 Å². The third kappa shape index (κ3) is 3.45. The van der Waals surface area contributed by atoms with E-state index in [1.807, 2.05) is 0 Å². The van der Waals surface area contributed by atoms with Crippen molar-refractivity contribution < 1.29 is 23.8 Å². The highest BCUT2D eigenvalue weighted by Crippen LogP contribution is 2.40. The van der Waals surface area contributed by atoms with Crippen LogP contribution in [-0.2, 0) is 4.74 Å². The summed E-state index contributed by atoms with van der Waals surface area (Å²) in [7, 11) is 0. The second-order valence-electron chi connectivity index (χ2n) is 5.21. The minimum absolute atomic E-state index is 0.0400. The monoisotopic (exact) mass is 481 g/mol. The van der Waals surface area contributed by atoms with Gasteiger partial charge in [0, 0.05) is 16.6 Å². The third-order valence-electron chi connectivity index (χ3n) is 3.55. The van der Waals surface area contributed by atoms with Gasteiger partial charge in [-0.15, -0.1) is 0 Å². The zero-order valence-corrected chi connectivity index (χ0v) is 16.7. The molecule has 3 aromatic rings. The number of phenolic OH excluding ortho intramolecular Hbond substituents is 1. The van der Waals surface area contributed by atoms with E-state index in [1.165, 1.54) is 4.68 Å². The second kappa shape index (κ2) is 7.46. The highest BCUT2D eigenvalue weighted by Gasteiger charge is 2.27. The molecule has 2 N–H and O–H groups in total. The zero-order valence-electron chi connectivity index (χ0n) is 13.5. The highest BCUT2D eigenvalue weighted by atomic mass is 79.9. The van der Waals surface area contributed by atoms with Crippen LogP contribution in [0, 0.1) is 0 Å². The lowest BCUT2D eigenvalue weighted by Crippen LogP contribution is -2.34. The topological polar surface area (TPSA) is 100 Å². The minimum atomic E-state index is -0.417. The summed E-state index contributed by atoms with van der Waals surface area (Å²) in [6.07, 6.45) is 0. The standard InChI is InChI=1S/C17H12Br2N3O4/c1-2-25-17(24)9-3-5-11(6-4-9)22-14(16(20)26-21-22)12-7-10(18)8-13(19)15(12)23/h3-8,20H,2H2,1H3/q-1/p+1. The van der Waals surface area contributed by atoms with Crippen molar-refractivity contribution in [1.29, 1.82) is 0 Å². The number of hydrogen-bond donors (Lipinski definition) is 1. The van der Waals surface area contributed by atoms with Crippen LogP contribution in [0.5, 0.6) is 5.75 Å². The SMILES string of the molecule is CCOC(=O)c1ccc(-[n+]2noc([NH-])c2-c2cc(Br)cc(Br)c2O)cc1. The van der Waals surface area contributed by atoms with Gasteiger partial charge >= 0.3 is 5.97 Å². The number of hydrogen-bond acceptors (Lipinski definition) is 5. The van der Waals surface area contributed by atoms with E-state index < -0.39 is 5.97 Å². The summed E-state index contributed by atoms with van der Waals surface area (Å²) >= 11 is 6.64. The molecule has 3 rings (SSSR count). The lowest BCUT2D eigenvalue weighted by atomic mass is 10.1. The number of aromatic hydroxyl groups is 1. The molecule has 0 saturated heterocycles. The number of aromatic nitrogens is 2. The molecule has 2 aromatic carbocycles. The van der Waals surface area contributed by atoms with E-state index in [0.717, 1.165) is 0 Å². The summed E-state index contributed by atoms with van der Waals surface area (Å²) < 4.78 is 12.5. The Labute approximate surface area is 165 Å². The van der Waals surface area contributed by atoms with E-state index in [9.17, 15) is 9.90 Å². The molecule has 0 atom stereocenters. The Morgan fingerprint density at radius 2 is 2.00 bits per heavy atom. The van der Waals surface area contributed by atoms with Gasteiger partial charge in [0.05, 0.1) is 22.2 Å². The van der Waals surface area contributed by atoms with E-state index in [1.54, 1.807) is 43.3 Å². The lowest BCUT2D eigenvalue weighted by molar-refractivity contribution is -0.660. The first kappa shape index (κ1) is 18.4.